The first-order valence-electron chi connectivity index (χ1n) is 6.34. The van der Waals surface area contributed by atoms with Crippen LogP contribution in [0.3, 0.4) is 0 Å². The molecule has 16 heavy (non-hydrogen) atoms. The van der Waals surface area contributed by atoms with Gasteiger partial charge in [-0.25, -0.2) is 0 Å². The quantitative estimate of drug-likeness (QED) is 0.645. The van der Waals surface area contributed by atoms with Crippen molar-refractivity contribution in [1.82, 2.24) is 10.2 Å². The number of likely N-dealkylation sites (N-methyl/N-ethyl adjacent to an activating group) is 1. The summed E-state index contributed by atoms with van der Waals surface area (Å²) in [6.45, 7) is 15.8. The molecule has 1 N–H and O–H groups in total. The number of hydrogen-bond donors (Lipinski definition) is 1. The molecule has 0 heterocycles. The molecule has 3 heteroatoms. The molecular weight excluding hydrogens is 200 g/mol. The van der Waals surface area contributed by atoms with E-state index >= 15 is 0 Å². The summed E-state index contributed by atoms with van der Waals surface area (Å²) in [5, 5.41) is 3.44. The molecule has 3 nitrogen and oxygen atoms in total. The van der Waals surface area contributed by atoms with Crippen LogP contribution < -0.4 is 5.32 Å². The van der Waals surface area contributed by atoms with Crippen LogP contribution in [0, 0.1) is 5.92 Å². The summed E-state index contributed by atoms with van der Waals surface area (Å²) in [7, 11) is 2.14. The van der Waals surface area contributed by atoms with Crippen LogP contribution in [0.25, 0.3) is 0 Å². The molecule has 98 valence electrons. The van der Waals surface area contributed by atoms with E-state index in [4.69, 9.17) is 4.74 Å². The molecule has 0 atom stereocenters. The Kier molecular flexibility index (Phi) is 7.98. The molecule has 0 fully saturated rings. The first-order valence-corrected chi connectivity index (χ1v) is 6.34. The van der Waals surface area contributed by atoms with Crippen molar-refractivity contribution in [3.63, 3.8) is 0 Å². The van der Waals surface area contributed by atoms with Gasteiger partial charge in [-0.15, -0.1) is 0 Å². The van der Waals surface area contributed by atoms with E-state index in [2.05, 4.69) is 51.9 Å². The highest BCUT2D eigenvalue weighted by Gasteiger charge is 2.09. The van der Waals surface area contributed by atoms with Gasteiger partial charge in [-0.3, -0.25) is 0 Å². The zero-order chi connectivity index (χ0) is 12.6. The summed E-state index contributed by atoms with van der Waals surface area (Å²) in [5.41, 5.74) is -0.0171. The molecule has 0 aliphatic heterocycles. The predicted octanol–water partition coefficient (Wildman–Crippen LogP) is 1.98. The highest BCUT2D eigenvalue weighted by Crippen LogP contribution is 2.05. The van der Waals surface area contributed by atoms with Crippen LogP contribution in [-0.4, -0.2) is 50.3 Å². The molecule has 0 unspecified atom stereocenters. The van der Waals surface area contributed by atoms with Crippen LogP contribution in [0.1, 0.15) is 34.6 Å². The summed E-state index contributed by atoms with van der Waals surface area (Å²) < 4.78 is 5.68. The molecule has 0 bridgehead atoms. The molecule has 0 radical (unpaired) electrons. The molecular formula is C13H30N2O. The van der Waals surface area contributed by atoms with Crippen molar-refractivity contribution < 1.29 is 4.74 Å². The predicted molar refractivity (Wildman–Crippen MR) is 70.9 cm³/mol. The first kappa shape index (κ1) is 15.9. The van der Waals surface area contributed by atoms with Crippen LogP contribution >= 0.6 is 0 Å². The van der Waals surface area contributed by atoms with E-state index in [1.54, 1.807) is 0 Å². The molecule has 0 aromatic rings. The maximum Gasteiger partial charge on any atom is 0.0600 e. The summed E-state index contributed by atoms with van der Waals surface area (Å²) in [4.78, 5) is 2.30. The van der Waals surface area contributed by atoms with E-state index in [-0.39, 0.29) is 5.60 Å². The molecule has 0 aliphatic rings. The van der Waals surface area contributed by atoms with Gasteiger partial charge in [-0.2, -0.15) is 0 Å². The molecule has 0 saturated heterocycles. The fourth-order valence-corrected chi connectivity index (χ4v) is 1.28. The Bertz CT molecular complexity index is 164. The SMILES string of the molecule is CC(C)CNCCN(C)CCOC(C)(C)C. The Morgan fingerprint density at radius 2 is 1.81 bits per heavy atom. The molecule has 0 amide bonds. The van der Waals surface area contributed by atoms with Crippen LogP contribution in [0.4, 0.5) is 0 Å². The second-order valence-electron chi connectivity index (χ2n) is 5.86. The monoisotopic (exact) mass is 230 g/mol. The van der Waals surface area contributed by atoms with Crippen molar-refractivity contribution in [3.05, 3.63) is 0 Å². The molecule has 0 saturated carbocycles. The van der Waals surface area contributed by atoms with Gasteiger partial charge in [0.2, 0.25) is 0 Å². The number of hydrogen-bond acceptors (Lipinski definition) is 3. The minimum absolute atomic E-state index is 0.0171. The van der Waals surface area contributed by atoms with Crippen LogP contribution in [0.15, 0.2) is 0 Å². The van der Waals surface area contributed by atoms with Gasteiger partial charge in [0.1, 0.15) is 0 Å². The van der Waals surface area contributed by atoms with Gasteiger partial charge >= 0.3 is 0 Å². The van der Waals surface area contributed by atoms with E-state index in [9.17, 15) is 0 Å². The average Bonchev–Trinajstić information content (AvgIpc) is 2.10. The Balaban J connectivity index is 3.35. The van der Waals surface area contributed by atoms with Crippen molar-refractivity contribution >= 4 is 0 Å². The summed E-state index contributed by atoms with van der Waals surface area (Å²) >= 11 is 0. The van der Waals surface area contributed by atoms with Crippen LogP contribution in [0.2, 0.25) is 0 Å². The van der Waals surface area contributed by atoms with Gasteiger partial charge in [-0.1, -0.05) is 13.8 Å². The Labute approximate surface area is 102 Å². The second-order valence-corrected chi connectivity index (χ2v) is 5.86. The lowest BCUT2D eigenvalue weighted by Gasteiger charge is -2.23. The molecule has 0 aromatic carbocycles. The minimum atomic E-state index is -0.0171. The normalized spacial score (nSPS) is 12.8. The van der Waals surface area contributed by atoms with Crippen molar-refractivity contribution in [3.8, 4) is 0 Å². The van der Waals surface area contributed by atoms with E-state index in [0.29, 0.717) is 0 Å². The van der Waals surface area contributed by atoms with Gasteiger partial charge in [-0.05, 0) is 40.3 Å². The van der Waals surface area contributed by atoms with E-state index in [1.807, 2.05) is 0 Å². The topological polar surface area (TPSA) is 24.5 Å². The highest BCUT2D eigenvalue weighted by molar-refractivity contribution is 4.61. The molecule has 0 spiro atoms. The Morgan fingerprint density at radius 1 is 1.19 bits per heavy atom. The maximum atomic E-state index is 5.68. The van der Waals surface area contributed by atoms with Crippen molar-refractivity contribution in [2.75, 3.05) is 39.8 Å². The largest absolute Gasteiger partial charge is 0.375 e. The van der Waals surface area contributed by atoms with E-state index in [1.165, 1.54) is 0 Å². The number of nitrogens with one attached hydrogen (secondary N) is 1. The third kappa shape index (κ3) is 12.0. The third-order valence-corrected chi connectivity index (χ3v) is 2.23. The van der Waals surface area contributed by atoms with Crippen LogP contribution in [-0.2, 0) is 4.74 Å². The Morgan fingerprint density at radius 3 is 2.31 bits per heavy atom. The van der Waals surface area contributed by atoms with Gasteiger partial charge in [0.15, 0.2) is 0 Å². The lowest BCUT2D eigenvalue weighted by molar-refractivity contribution is -0.0106. The number of rotatable bonds is 8. The average molecular weight is 230 g/mol. The first-order chi connectivity index (χ1) is 7.31. The van der Waals surface area contributed by atoms with Gasteiger partial charge in [0, 0.05) is 19.6 Å². The number of nitrogens with zero attached hydrogens (tertiary/aromatic N) is 1. The molecule has 0 rings (SSSR count). The fraction of sp³-hybridized carbons (Fsp3) is 1.00. The zero-order valence-corrected chi connectivity index (χ0v) is 12.0. The Hall–Kier alpha value is -0.120. The van der Waals surface area contributed by atoms with Crippen molar-refractivity contribution in [1.29, 1.82) is 0 Å². The van der Waals surface area contributed by atoms with Gasteiger partial charge in [0.05, 0.1) is 12.2 Å². The fourth-order valence-electron chi connectivity index (χ4n) is 1.28. The van der Waals surface area contributed by atoms with Crippen molar-refractivity contribution in [2.45, 2.75) is 40.2 Å². The summed E-state index contributed by atoms with van der Waals surface area (Å²) in [5.74, 6) is 0.731. The molecule has 0 aromatic heterocycles. The van der Waals surface area contributed by atoms with E-state index < -0.39 is 0 Å². The van der Waals surface area contributed by atoms with Crippen molar-refractivity contribution in [2.24, 2.45) is 5.92 Å². The standard InChI is InChI=1S/C13H30N2O/c1-12(2)11-14-7-8-15(6)9-10-16-13(3,4)5/h12,14H,7-11H2,1-6H3. The second kappa shape index (κ2) is 8.04. The summed E-state index contributed by atoms with van der Waals surface area (Å²) in [6.07, 6.45) is 0. The lowest BCUT2D eigenvalue weighted by Crippen LogP contribution is -2.34. The minimum Gasteiger partial charge on any atom is -0.375 e. The van der Waals surface area contributed by atoms with Gasteiger partial charge in [0.25, 0.3) is 0 Å². The highest BCUT2D eigenvalue weighted by atomic mass is 16.5. The third-order valence-electron chi connectivity index (χ3n) is 2.23. The zero-order valence-electron chi connectivity index (χ0n) is 12.0. The van der Waals surface area contributed by atoms with E-state index in [0.717, 1.165) is 38.7 Å². The van der Waals surface area contributed by atoms with Gasteiger partial charge < -0.3 is 15.0 Å². The summed E-state index contributed by atoms with van der Waals surface area (Å²) in [6, 6.07) is 0. The van der Waals surface area contributed by atoms with Crippen LogP contribution in [0.5, 0.6) is 0 Å². The maximum absolute atomic E-state index is 5.68. The number of ether oxygens (including phenoxy) is 1. The molecule has 0 aliphatic carbocycles. The smallest absolute Gasteiger partial charge is 0.0600 e. The lowest BCUT2D eigenvalue weighted by atomic mass is 10.2.